The lowest BCUT2D eigenvalue weighted by molar-refractivity contribution is 0.584. The Hall–Kier alpha value is -1.52. The van der Waals surface area contributed by atoms with Crippen LogP contribution in [0.3, 0.4) is 0 Å². The van der Waals surface area contributed by atoms with E-state index in [2.05, 4.69) is 25.5 Å². The van der Waals surface area contributed by atoms with E-state index in [4.69, 9.17) is 11.6 Å². The van der Waals surface area contributed by atoms with Gasteiger partial charge in [-0.3, -0.25) is 4.72 Å². The van der Waals surface area contributed by atoms with E-state index in [1.807, 2.05) is 19.1 Å². The fourth-order valence-corrected chi connectivity index (χ4v) is 3.72. The molecule has 23 heavy (non-hydrogen) atoms. The van der Waals surface area contributed by atoms with Gasteiger partial charge in [-0.05, 0) is 54.2 Å². The third-order valence-corrected chi connectivity index (χ3v) is 5.70. The lowest BCUT2D eigenvalue weighted by Gasteiger charge is -2.21. The number of rotatable bonds is 3. The van der Waals surface area contributed by atoms with E-state index in [0.29, 0.717) is 21.2 Å². The van der Waals surface area contributed by atoms with Crippen molar-refractivity contribution >= 4 is 27.3 Å². The second kappa shape index (κ2) is 6.17. The SMILES string of the molecule is Cc1ccc(NS(=O)(=O)c2cc(C(C)(C)C)ccc2C)cc1Cl. The minimum atomic E-state index is -3.67. The summed E-state index contributed by atoms with van der Waals surface area (Å²) >= 11 is 6.07. The van der Waals surface area contributed by atoms with Crippen LogP contribution in [0.4, 0.5) is 5.69 Å². The van der Waals surface area contributed by atoms with Crippen molar-refractivity contribution in [3.63, 3.8) is 0 Å². The van der Waals surface area contributed by atoms with Crippen LogP contribution in [0.1, 0.15) is 37.5 Å². The standard InChI is InChI=1S/C18H22ClNO2S/c1-12-7-9-15(11-16(12)19)20-23(21,22)17-10-14(18(3,4)5)8-6-13(17)2/h6-11,20H,1-5H3. The molecule has 0 heterocycles. The Morgan fingerprint density at radius 3 is 2.13 bits per heavy atom. The third kappa shape index (κ3) is 4.06. The van der Waals surface area contributed by atoms with Crippen molar-refractivity contribution in [1.82, 2.24) is 0 Å². The van der Waals surface area contributed by atoms with Crippen LogP contribution in [-0.2, 0) is 15.4 Å². The number of sulfonamides is 1. The number of aryl methyl sites for hydroxylation is 2. The average molecular weight is 352 g/mol. The predicted molar refractivity (Wildman–Crippen MR) is 96.9 cm³/mol. The van der Waals surface area contributed by atoms with Gasteiger partial charge in [-0.1, -0.05) is 50.6 Å². The monoisotopic (exact) mass is 351 g/mol. The molecule has 2 aromatic rings. The summed E-state index contributed by atoms with van der Waals surface area (Å²) in [5, 5.41) is 0.533. The summed E-state index contributed by atoms with van der Waals surface area (Å²) in [6, 6.07) is 10.7. The summed E-state index contributed by atoms with van der Waals surface area (Å²) in [6.45, 7) is 9.84. The first-order chi connectivity index (χ1) is 10.5. The lowest BCUT2D eigenvalue weighted by atomic mass is 9.87. The summed E-state index contributed by atoms with van der Waals surface area (Å²) in [7, 11) is -3.67. The van der Waals surface area contributed by atoms with Gasteiger partial charge in [0.25, 0.3) is 10.0 Å². The van der Waals surface area contributed by atoms with Gasteiger partial charge >= 0.3 is 0 Å². The largest absolute Gasteiger partial charge is 0.280 e. The Kier molecular flexibility index (Phi) is 4.79. The maximum Gasteiger partial charge on any atom is 0.262 e. The molecular formula is C18H22ClNO2S. The molecule has 0 spiro atoms. The van der Waals surface area contributed by atoms with Gasteiger partial charge in [-0.15, -0.1) is 0 Å². The molecule has 2 aromatic carbocycles. The molecule has 0 unspecified atom stereocenters. The van der Waals surface area contributed by atoms with Gasteiger partial charge in [0.1, 0.15) is 0 Å². The van der Waals surface area contributed by atoms with Gasteiger partial charge < -0.3 is 0 Å². The highest BCUT2D eigenvalue weighted by Crippen LogP contribution is 2.28. The van der Waals surface area contributed by atoms with E-state index in [1.165, 1.54) is 0 Å². The molecule has 2 rings (SSSR count). The Labute approximate surface area is 143 Å². The van der Waals surface area contributed by atoms with Crippen molar-refractivity contribution in [1.29, 1.82) is 0 Å². The first kappa shape index (κ1) is 17.8. The van der Waals surface area contributed by atoms with E-state index in [-0.39, 0.29) is 5.41 Å². The van der Waals surface area contributed by atoms with Gasteiger partial charge in [0.2, 0.25) is 0 Å². The summed E-state index contributed by atoms with van der Waals surface area (Å²) < 4.78 is 28.1. The maximum atomic E-state index is 12.7. The van der Waals surface area contributed by atoms with Crippen LogP contribution in [0.2, 0.25) is 5.02 Å². The lowest BCUT2D eigenvalue weighted by Crippen LogP contribution is -2.17. The summed E-state index contributed by atoms with van der Waals surface area (Å²) in [6.07, 6.45) is 0. The zero-order valence-electron chi connectivity index (χ0n) is 14.1. The fourth-order valence-electron chi connectivity index (χ4n) is 2.22. The molecule has 0 radical (unpaired) electrons. The molecule has 0 aromatic heterocycles. The summed E-state index contributed by atoms with van der Waals surface area (Å²) in [4.78, 5) is 0.293. The number of hydrogen-bond donors (Lipinski definition) is 1. The fraction of sp³-hybridized carbons (Fsp3) is 0.333. The van der Waals surface area contributed by atoms with E-state index in [1.54, 1.807) is 31.2 Å². The van der Waals surface area contributed by atoms with Crippen molar-refractivity contribution in [2.24, 2.45) is 0 Å². The van der Waals surface area contributed by atoms with Crippen molar-refractivity contribution in [3.05, 3.63) is 58.1 Å². The number of halogens is 1. The summed E-state index contributed by atoms with van der Waals surface area (Å²) in [5.74, 6) is 0. The van der Waals surface area contributed by atoms with E-state index in [0.717, 1.165) is 11.1 Å². The van der Waals surface area contributed by atoms with Gasteiger partial charge in [0, 0.05) is 5.02 Å². The van der Waals surface area contributed by atoms with Crippen LogP contribution >= 0.6 is 11.6 Å². The summed E-state index contributed by atoms with van der Waals surface area (Å²) in [5.41, 5.74) is 2.93. The average Bonchev–Trinajstić information content (AvgIpc) is 2.41. The van der Waals surface area contributed by atoms with Crippen LogP contribution in [0, 0.1) is 13.8 Å². The Balaban J connectivity index is 2.45. The Bertz CT molecular complexity index is 837. The molecule has 0 aliphatic rings. The highest BCUT2D eigenvalue weighted by atomic mass is 35.5. The van der Waals surface area contributed by atoms with E-state index in [9.17, 15) is 8.42 Å². The topological polar surface area (TPSA) is 46.2 Å². The smallest absolute Gasteiger partial charge is 0.262 e. The number of benzene rings is 2. The van der Waals surface area contributed by atoms with Crippen LogP contribution < -0.4 is 4.72 Å². The second-order valence-electron chi connectivity index (χ2n) is 6.80. The first-order valence-electron chi connectivity index (χ1n) is 7.41. The van der Waals surface area contributed by atoms with Crippen molar-refractivity contribution in [2.75, 3.05) is 4.72 Å². The minimum Gasteiger partial charge on any atom is -0.280 e. The Morgan fingerprint density at radius 1 is 0.957 bits per heavy atom. The molecule has 0 bridgehead atoms. The maximum absolute atomic E-state index is 12.7. The number of nitrogens with one attached hydrogen (secondary N) is 1. The molecular weight excluding hydrogens is 330 g/mol. The molecule has 5 heteroatoms. The molecule has 0 aliphatic heterocycles. The quantitative estimate of drug-likeness (QED) is 0.840. The molecule has 0 fully saturated rings. The van der Waals surface area contributed by atoms with E-state index < -0.39 is 10.0 Å². The molecule has 0 amide bonds. The van der Waals surface area contributed by atoms with Gasteiger partial charge in [-0.25, -0.2) is 8.42 Å². The zero-order chi connectivity index (χ0) is 17.4. The van der Waals surface area contributed by atoms with Gasteiger partial charge in [0.15, 0.2) is 0 Å². The number of anilines is 1. The van der Waals surface area contributed by atoms with Crippen LogP contribution in [0.15, 0.2) is 41.3 Å². The van der Waals surface area contributed by atoms with Crippen LogP contribution in [-0.4, -0.2) is 8.42 Å². The van der Waals surface area contributed by atoms with Crippen molar-refractivity contribution < 1.29 is 8.42 Å². The zero-order valence-corrected chi connectivity index (χ0v) is 15.6. The van der Waals surface area contributed by atoms with Crippen LogP contribution in [0.25, 0.3) is 0 Å². The minimum absolute atomic E-state index is 0.120. The van der Waals surface area contributed by atoms with Crippen molar-refractivity contribution in [2.45, 2.75) is 44.9 Å². The third-order valence-electron chi connectivity index (χ3n) is 3.77. The Morgan fingerprint density at radius 2 is 1.57 bits per heavy atom. The molecule has 1 N–H and O–H groups in total. The predicted octanol–water partition coefficient (Wildman–Crippen LogP) is 5.06. The second-order valence-corrected chi connectivity index (χ2v) is 8.86. The first-order valence-corrected chi connectivity index (χ1v) is 9.27. The molecule has 3 nitrogen and oxygen atoms in total. The van der Waals surface area contributed by atoms with Crippen LogP contribution in [0.5, 0.6) is 0 Å². The molecule has 0 aliphatic carbocycles. The van der Waals surface area contributed by atoms with E-state index >= 15 is 0 Å². The van der Waals surface area contributed by atoms with Crippen molar-refractivity contribution in [3.8, 4) is 0 Å². The molecule has 0 saturated carbocycles. The molecule has 124 valence electrons. The molecule has 0 atom stereocenters. The molecule has 0 saturated heterocycles. The highest BCUT2D eigenvalue weighted by molar-refractivity contribution is 7.92. The normalized spacial score (nSPS) is 12.3. The number of hydrogen-bond acceptors (Lipinski definition) is 2. The van der Waals surface area contributed by atoms with Gasteiger partial charge in [-0.2, -0.15) is 0 Å². The van der Waals surface area contributed by atoms with Gasteiger partial charge in [0.05, 0.1) is 10.6 Å². The highest BCUT2D eigenvalue weighted by Gasteiger charge is 2.21.